The Bertz CT molecular complexity index is 539. The predicted molar refractivity (Wildman–Crippen MR) is 66.1 cm³/mol. The third-order valence-corrected chi connectivity index (χ3v) is 3.29. The third-order valence-electron chi connectivity index (χ3n) is 2.26. The van der Waals surface area contributed by atoms with Crippen molar-refractivity contribution in [3.8, 4) is 6.07 Å². The summed E-state index contributed by atoms with van der Waals surface area (Å²) in [6.45, 7) is 1.97. The molecule has 0 amide bonds. The van der Waals surface area contributed by atoms with Gasteiger partial charge in [0.25, 0.3) is 0 Å². The van der Waals surface area contributed by atoms with Gasteiger partial charge < -0.3 is 4.90 Å². The van der Waals surface area contributed by atoms with Gasteiger partial charge in [-0.3, -0.25) is 0 Å². The Labute approximate surface area is 98.6 Å². The van der Waals surface area contributed by atoms with Crippen LogP contribution in [0, 0.1) is 18.3 Å². The quantitative estimate of drug-likeness (QED) is 0.794. The maximum Gasteiger partial charge on any atom is 0.189 e. The van der Waals surface area contributed by atoms with Crippen LogP contribution in [-0.4, -0.2) is 12.0 Å². The average molecular weight is 229 g/mol. The highest BCUT2D eigenvalue weighted by molar-refractivity contribution is 7.13. The number of aromatic nitrogens is 1. The molecular weight excluding hydrogens is 218 g/mol. The minimum absolute atomic E-state index is 0.664. The number of anilines is 2. The lowest BCUT2D eigenvalue weighted by Gasteiger charge is -2.15. The topological polar surface area (TPSA) is 39.9 Å². The molecule has 1 aromatic carbocycles. The third kappa shape index (κ3) is 2.05. The molecule has 0 aliphatic heterocycles. The predicted octanol–water partition coefficient (Wildman–Crippen LogP) is 3.09. The van der Waals surface area contributed by atoms with Crippen LogP contribution in [0.4, 0.5) is 10.8 Å². The van der Waals surface area contributed by atoms with Crippen molar-refractivity contribution in [3.63, 3.8) is 0 Å². The Balaban J connectivity index is 2.34. The second-order valence-corrected chi connectivity index (χ2v) is 4.33. The molecule has 0 radical (unpaired) electrons. The van der Waals surface area contributed by atoms with E-state index in [1.807, 2.05) is 42.5 Å². The van der Waals surface area contributed by atoms with Crippen LogP contribution in [-0.2, 0) is 0 Å². The molecule has 16 heavy (non-hydrogen) atoms. The Morgan fingerprint density at radius 2 is 2.25 bits per heavy atom. The highest BCUT2D eigenvalue weighted by Gasteiger charge is 2.07. The average Bonchev–Trinajstić information content (AvgIpc) is 2.75. The van der Waals surface area contributed by atoms with E-state index in [4.69, 9.17) is 5.26 Å². The summed E-state index contributed by atoms with van der Waals surface area (Å²) in [6.07, 6.45) is 0. The van der Waals surface area contributed by atoms with E-state index in [1.165, 1.54) is 0 Å². The lowest BCUT2D eigenvalue weighted by molar-refractivity contribution is 1.14. The van der Waals surface area contributed by atoms with E-state index < -0.39 is 0 Å². The second-order valence-electron chi connectivity index (χ2n) is 3.49. The van der Waals surface area contributed by atoms with Crippen LogP contribution in [0.25, 0.3) is 0 Å². The summed E-state index contributed by atoms with van der Waals surface area (Å²) in [5.74, 6) is 0. The minimum Gasteiger partial charge on any atom is -0.321 e. The van der Waals surface area contributed by atoms with E-state index in [1.54, 1.807) is 17.4 Å². The van der Waals surface area contributed by atoms with Crippen molar-refractivity contribution in [1.29, 1.82) is 5.26 Å². The molecular formula is C12H11N3S. The molecule has 0 N–H and O–H groups in total. The van der Waals surface area contributed by atoms with Gasteiger partial charge in [0.05, 0.1) is 17.3 Å². The first-order chi connectivity index (χ1) is 7.70. The number of hydrogen-bond acceptors (Lipinski definition) is 4. The van der Waals surface area contributed by atoms with Gasteiger partial charge in [0.15, 0.2) is 5.13 Å². The summed E-state index contributed by atoms with van der Waals surface area (Å²) in [6, 6.07) is 9.64. The summed E-state index contributed by atoms with van der Waals surface area (Å²) in [5.41, 5.74) is 2.66. The molecule has 0 saturated heterocycles. The highest BCUT2D eigenvalue weighted by Crippen LogP contribution is 2.26. The highest BCUT2D eigenvalue weighted by atomic mass is 32.1. The first kappa shape index (κ1) is 10.7. The van der Waals surface area contributed by atoms with Gasteiger partial charge >= 0.3 is 0 Å². The maximum atomic E-state index is 8.84. The Morgan fingerprint density at radius 1 is 1.44 bits per heavy atom. The molecule has 0 aliphatic rings. The Morgan fingerprint density at radius 3 is 2.88 bits per heavy atom. The number of hydrogen-bond donors (Lipinski definition) is 0. The van der Waals surface area contributed by atoms with Gasteiger partial charge in [-0.15, -0.1) is 11.3 Å². The van der Waals surface area contributed by atoms with E-state index in [0.717, 1.165) is 16.5 Å². The van der Waals surface area contributed by atoms with Gasteiger partial charge in [-0.25, -0.2) is 4.98 Å². The zero-order valence-electron chi connectivity index (χ0n) is 9.14. The van der Waals surface area contributed by atoms with Crippen molar-refractivity contribution in [2.24, 2.45) is 0 Å². The Kier molecular flexibility index (Phi) is 2.88. The van der Waals surface area contributed by atoms with Crippen molar-refractivity contribution in [2.75, 3.05) is 11.9 Å². The van der Waals surface area contributed by atoms with Crippen LogP contribution >= 0.6 is 11.3 Å². The fourth-order valence-electron chi connectivity index (χ4n) is 1.39. The zero-order chi connectivity index (χ0) is 11.5. The van der Waals surface area contributed by atoms with Crippen molar-refractivity contribution in [2.45, 2.75) is 6.92 Å². The van der Waals surface area contributed by atoms with Crippen LogP contribution < -0.4 is 4.90 Å². The summed E-state index contributed by atoms with van der Waals surface area (Å²) in [5, 5.41) is 11.8. The summed E-state index contributed by atoms with van der Waals surface area (Å²) in [4.78, 5) is 6.39. The monoisotopic (exact) mass is 229 g/mol. The molecule has 2 rings (SSSR count). The standard InChI is InChI=1S/C12H11N3S/c1-9-8-16-12(14-9)15(2)11-5-3-4-10(6-11)7-13/h3-6,8H,1-2H3. The molecule has 0 unspecified atom stereocenters. The second kappa shape index (κ2) is 4.33. The number of benzene rings is 1. The van der Waals surface area contributed by atoms with E-state index in [9.17, 15) is 0 Å². The summed E-state index contributed by atoms with van der Waals surface area (Å²) < 4.78 is 0. The van der Waals surface area contributed by atoms with Crippen LogP contribution in [0.15, 0.2) is 29.6 Å². The lowest BCUT2D eigenvalue weighted by atomic mass is 10.2. The fourth-order valence-corrected chi connectivity index (χ4v) is 2.18. The molecule has 0 atom stereocenters. The van der Waals surface area contributed by atoms with E-state index in [-0.39, 0.29) is 0 Å². The summed E-state index contributed by atoms with van der Waals surface area (Å²) in [7, 11) is 1.95. The fraction of sp³-hybridized carbons (Fsp3) is 0.167. The number of aryl methyl sites for hydroxylation is 1. The van der Waals surface area contributed by atoms with Crippen molar-refractivity contribution in [3.05, 3.63) is 40.9 Å². The SMILES string of the molecule is Cc1csc(N(C)c2cccc(C#N)c2)n1. The number of nitrogens with zero attached hydrogens (tertiary/aromatic N) is 3. The van der Waals surface area contributed by atoms with Crippen molar-refractivity contribution in [1.82, 2.24) is 4.98 Å². The van der Waals surface area contributed by atoms with Crippen LogP contribution in [0.3, 0.4) is 0 Å². The van der Waals surface area contributed by atoms with Gasteiger partial charge in [0.2, 0.25) is 0 Å². The molecule has 3 nitrogen and oxygen atoms in total. The van der Waals surface area contributed by atoms with Gasteiger partial charge in [-0.1, -0.05) is 6.07 Å². The van der Waals surface area contributed by atoms with E-state index in [0.29, 0.717) is 5.56 Å². The molecule has 2 aromatic rings. The lowest BCUT2D eigenvalue weighted by Crippen LogP contribution is -2.09. The van der Waals surface area contributed by atoms with Crippen LogP contribution in [0.5, 0.6) is 0 Å². The van der Waals surface area contributed by atoms with Crippen molar-refractivity contribution >= 4 is 22.2 Å². The summed E-state index contributed by atoms with van der Waals surface area (Å²) >= 11 is 1.60. The molecule has 4 heteroatoms. The Hall–Kier alpha value is -1.86. The molecule has 0 saturated carbocycles. The van der Waals surface area contributed by atoms with Gasteiger partial charge in [0.1, 0.15) is 0 Å². The van der Waals surface area contributed by atoms with Gasteiger partial charge in [0, 0.05) is 18.1 Å². The van der Waals surface area contributed by atoms with Gasteiger partial charge in [-0.2, -0.15) is 5.26 Å². The van der Waals surface area contributed by atoms with Crippen LogP contribution in [0.2, 0.25) is 0 Å². The maximum absolute atomic E-state index is 8.84. The molecule has 0 spiro atoms. The zero-order valence-corrected chi connectivity index (χ0v) is 9.95. The van der Waals surface area contributed by atoms with E-state index in [2.05, 4.69) is 11.1 Å². The first-order valence-electron chi connectivity index (χ1n) is 4.87. The minimum atomic E-state index is 0.664. The molecule has 0 bridgehead atoms. The van der Waals surface area contributed by atoms with Crippen molar-refractivity contribution < 1.29 is 0 Å². The molecule has 0 aliphatic carbocycles. The first-order valence-corrected chi connectivity index (χ1v) is 5.74. The largest absolute Gasteiger partial charge is 0.321 e. The smallest absolute Gasteiger partial charge is 0.189 e. The normalized spacial score (nSPS) is 9.81. The number of thiazole rings is 1. The van der Waals surface area contributed by atoms with Crippen LogP contribution in [0.1, 0.15) is 11.3 Å². The number of rotatable bonds is 2. The molecule has 1 heterocycles. The van der Waals surface area contributed by atoms with Gasteiger partial charge in [-0.05, 0) is 25.1 Å². The number of nitriles is 1. The molecule has 1 aromatic heterocycles. The molecule has 80 valence electrons. The van der Waals surface area contributed by atoms with E-state index >= 15 is 0 Å². The molecule has 0 fully saturated rings.